The number of imide groups is 1. The topological polar surface area (TPSA) is 93.7 Å². The predicted molar refractivity (Wildman–Crippen MR) is 114 cm³/mol. The minimum atomic E-state index is -0.538. The summed E-state index contributed by atoms with van der Waals surface area (Å²) in [6, 6.07) is 16.6. The number of benzene rings is 2. The number of nitro groups is 1. The van der Waals surface area contributed by atoms with Crippen LogP contribution in [0.15, 0.2) is 70.0 Å². The molecule has 0 N–H and O–H groups in total. The Morgan fingerprint density at radius 2 is 1.80 bits per heavy atom. The maximum atomic E-state index is 12.7. The monoisotopic (exact) mass is 440 g/mol. The number of hydrogen-bond donors (Lipinski definition) is 0. The van der Waals surface area contributed by atoms with Crippen molar-refractivity contribution in [2.24, 2.45) is 0 Å². The van der Waals surface area contributed by atoms with Gasteiger partial charge in [0, 0.05) is 23.3 Å². The molecule has 1 aliphatic rings. The van der Waals surface area contributed by atoms with Gasteiger partial charge in [-0.25, -0.2) is 0 Å². The Labute approximate surface area is 180 Å². The van der Waals surface area contributed by atoms with Crippen LogP contribution < -0.4 is 0 Å². The molecule has 1 aliphatic heterocycles. The molecule has 0 saturated carbocycles. The maximum absolute atomic E-state index is 12.7. The van der Waals surface area contributed by atoms with E-state index < -0.39 is 16.1 Å². The number of hydrogen-bond acceptors (Lipinski definition) is 6. The molecule has 0 atom stereocenters. The van der Waals surface area contributed by atoms with E-state index in [0.29, 0.717) is 22.1 Å². The minimum absolute atomic E-state index is 0.143. The van der Waals surface area contributed by atoms with Gasteiger partial charge in [0.2, 0.25) is 0 Å². The molecule has 9 heteroatoms. The molecule has 0 spiro atoms. The van der Waals surface area contributed by atoms with Crippen LogP contribution in [0, 0.1) is 10.1 Å². The van der Waals surface area contributed by atoms with Crippen LogP contribution in [0.25, 0.3) is 17.4 Å². The fourth-order valence-corrected chi connectivity index (χ4v) is 4.04. The highest BCUT2D eigenvalue weighted by atomic mass is 35.5. The Kier molecular flexibility index (Phi) is 5.43. The Hall–Kier alpha value is -3.36. The summed E-state index contributed by atoms with van der Waals surface area (Å²) < 4.78 is 5.75. The number of amides is 2. The normalized spacial score (nSPS) is 15.2. The fraction of sp³-hybridized carbons (Fsp3) is 0.0476. The van der Waals surface area contributed by atoms with Crippen LogP contribution in [0.4, 0.5) is 10.5 Å². The summed E-state index contributed by atoms with van der Waals surface area (Å²) in [7, 11) is 0. The third-order valence-corrected chi connectivity index (χ3v) is 5.67. The lowest BCUT2D eigenvalue weighted by atomic mass is 10.1. The summed E-state index contributed by atoms with van der Waals surface area (Å²) in [5, 5.41) is 11.2. The third-order valence-electron chi connectivity index (χ3n) is 4.43. The molecule has 0 aliphatic carbocycles. The Balaban J connectivity index is 1.57. The molecule has 0 unspecified atom stereocenters. The average molecular weight is 441 g/mol. The van der Waals surface area contributed by atoms with Crippen LogP contribution in [0.3, 0.4) is 0 Å². The molecule has 30 heavy (non-hydrogen) atoms. The largest absolute Gasteiger partial charge is 0.457 e. The van der Waals surface area contributed by atoms with Crippen molar-refractivity contribution in [1.82, 2.24) is 4.90 Å². The smallest absolute Gasteiger partial charge is 0.293 e. The van der Waals surface area contributed by atoms with Crippen LogP contribution >= 0.6 is 23.4 Å². The molecule has 0 bridgehead atoms. The predicted octanol–water partition coefficient (Wildman–Crippen LogP) is 5.74. The Morgan fingerprint density at radius 1 is 1.07 bits per heavy atom. The number of halogens is 1. The quantitative estimate of drug-likeness (QED) is 0.285. The van der Waals surface area contributed by atoms with Gasteiger partial charge >= 0.3 is 0 Å². The van der Waals surface area contributed by atoms with Crippen LogP contribution in [-0.4, -0.2) is 21.0 Å². The second-order valence-corrected chi connectivity index (χ2v) is 7.74. The summed E-state index contributed by atoms with van der Waals surface area (Å²) >= 11 is 6.94. The van der Waals surface area contributed by atoms with Gasteiger partial charge in [-0.05, 0) is 36.0 Å². The zero-order valence-corrected chi connectivity index (χ0v) is 16.9. The molecule has 4 rings (SSSR count). The van der Waals surface area contributed by atoms with E-state index in [1.165, 1.54) is 24.3 Å². The van der Waals surface area contributed by atoms with Crippen LogP contribution in [0.1, 0.15) is 11.3 Å². The number of thioether (sulfide) groups is 1. The van der Waals surface area contributed by atoms with E-state index in [1.54, 1.807) is 24.3 Å². The zero-order valence-electron chi connectivity index (χ0n) is 15.3. The number of nitrogens with zero attached hydrogens (tertiary/aromatic N) is 2. The van der Waals surface area contributed by atoms with Gasteiger partial charge in [-0.1, -0.05) is 41.9 Å². The molecule has 1 fully saturated rings. The lowest BCUT2D eigenvalue weighted by Crippen LogP contribution is -2.27. The number of para-hydroxylation sites is 1. The van der Waals surface area contributed by atoms with E-state index in [1.807, 2.05) is 18.2 Å². The van der Waals surface area contributed by atoms with Gasteiger partial charge < -0.3 is 4.42 Å². The van der Waals surface area contributed by atoms with Gasteiger partial charge in [-0.15, -0.1) is 0 Å². The second-order valence-electron chi connectivity index (χ2n) is 6.34. The molecule has 1 aromatic heterocycles. The number of carbonyl (C=O) groups excluding carboxylic acids is 2. The maximum Gasteiger partial charge on any atom is 0.293 e. The van der Waals surface area contributed by atoms with Crippen molar-refractivity contribution in [3.05, 3.63) is 92.0 Å². The molecular formula is C21H13ClN2O5S. The van der Waals surface area contributed by atoms with Crippen molar-refractivity contribution in [1.29, 1.82) is 0 Å². The van der Waals surface area contributed by atoms with Gasteiger partial charge in [-0.2, -0.15) is 0 Å². The van der Waals surface area contributed by atoms with E-state index in [2.05, 4.69) is 0 Å². The molecule has 2 heterocycles. The SMILES string of the molecule is O=C1S/C(=C\c2ccc(-c3ccccc3Cl)o2)C(=O)N1Cc1ccccc1[N+](=O)[O-]. The Morgan fingerprint density at radius 3 is 2.57 bits per heavy atom. The second kappa shape index (κ2) is 8.17. The van der Waals surface area contributed by atoms with Crippen molar-refractivity contribution < 1.29 is 18.9 Å². The van der Waals surface area contributed by atoms with Crippen molar-refractivity contribution in [2.75, 3.05) is 0 Å². The third kappa shape index (κ3) is 3.87. The molecule has 0 radical (unpaired) electrons. The molecule has 2 aromatic carbocycles. The van der Waals surface area contributed by atoms with Crippen LogP contribution in [0.2, 0.25) is 5.02 Å². The molecule has 7 nitrogen and oxygen atoms in total. The van der Waals surface area contributed by atoms with E-state index >= 15 is 0 Å². The lowest BCUT2D eigenvalue weighted by Gasteiger charge is -2.12. The van der Waals surface area contributed by atoms with Crippen LogP contribution in [0.5, 0.6) is 0 Å². The number of nitro benzene ring substituents is 1. The highest BCUT2D eigenvalue weighted by molar-refractivity contribution is 8.18. The first-order valence-corrected chi connectivity index (χ1v) is 9.96. The summed E-state index contributed by atoms with van der Waals surface area (Å²) in [6.07, 6.45) is 1.48. The van der Waals surface area contributed by atoms with Crippen molar-refractivity contribution in [3.8, 4) is 11.3 Å². The number of carbonyl (C=O) groups is 2. The summed E-state index contributed by atoms with van der Waals surface area (Å²) in [5.74, 6) is 0.394. The molecule has 150 valence electrons. The summed E-state index contributed by atoms with van der Waals surface area (Å²) in [4.78, 5) is 36.9. The Bertz CT molecular complexity index is 1200. The van der Waals surface area contributed by atoms with Crippen molar-refractivity contribution in [2.45, 2.75) is 6.54 Å². The summed E-state index contributed by atoms with van der Waals surface area (Å²) in [5.41, 5.74) is 0.851. The van der Waals surface area contributed by atoms with Gasteiger partial charge in [0.05, 0.1) is 21.4 Å². The first-order chi connectivity index (χ1) is 14.4. The van der Waals surface area contributed by atoms with E-state index in [-0.39, 0.29) is 22.7 Å². The fourth-order valence-electron chi connectivity index (χ4n) is 2.99. The average Bonchev–Trinajstić information content (AvgIpc) is 3.29. The van der Waals surface area contributed by atoms with Gasteiger partial charge in [-0.3, -0.25) is 24.6 Å². The van der Waals surface area contributed by atoms with E-state index in [4.69, 9.17) is 16.0 Å². The molecular weight excluding hydrogens is 428 g/mol. The van der Waals surface area contributed by atoms with E-state index in [0.717, 1.165) is 16.7 Å². The van der Waals surface area contributed by atoms with Gasteiger partial charge in [0.15, 0.2) is 0 Å². The van der Waals surface area contributed by atoms with E-state index in [9.17, 15) is 19.7 Å². The zero-order chi connectivity index (χ0) is 21.3. The van der Waals surface area contributed by atoms with Crippen molar-refractivity contribution >= 4 is 46.3 Å². The molecule has 3 aromatic rings. The minimum Gasteiger partial charge on any atom is -0.457 e. The number of furan rings is 1. The lowest BCUT2D eigenvalue weighted by molar-refractivity contribution is -0.385. The first kappa shape index (κ1) is 19.9. The standard InChI is InChI=1S/C21H13ClN2O5S/c22-16-7-3-2-6-15(16)18-10-9-14(29-18)11-19-20(25)23(21(26)30-19)12-13-5-1-4-8-17(13)24(27)28/h1-11H,12H2/b19-11-. The first-order valence-electron chi connectivity index (χ1n) is 8.76. The highest BCUT2D eigenvalue weighted by Crippen LogP contribution is 2.36. The van der Waals surface area contributed by atoms with Gasteiger partial charge in [0.25, 0.3) is 16.8 Å². The molecule has 2 amide bonds. The highest BCUT2D eigenvalue weighted by Gasteiger charge is 2.36. The van der Waals surface area contributed by atoms with Crippen molar-refractivity contribution in [3.63, 3.8) is 0 Å². The van der Waals surface area contributed by atoms with Crippen LogP contribution in [-0.2, 0) is 11.3 Å². The van der Waals surface area contributed by atoms with Gasteiger partial charge in [0.1, 0.15) is 11.5 Å². The number of rotatable bonds is 5. The molecule has 1 saturated heterocycles. The summed E-state index contributed by atoms with van der Waals surface area (Å²) in [6.45, 7) is -0.178.